The monoisotopic (exact) mass is 268 g/mol. The number of hydrogen-bond donors (Lipinski definition) is 1. The second kappa shape index (κ2) is 8.97. The van der Waals surface area contributed by atoms with Gasteiger partial charge in [0.05, 0.1) is 0 Å². The lowest BCUT2D eigenvalue weighted by molar-refractivity contribution is 0.106. The van der Waals surface area contributed by atoms with Crippen LogP contribution in [-0.4, -0.2) is 36.1 Å². The van der Waals surface area contributed by atoms with Gasteiger partial charge in [0.25, 0.3) is 0 Å². The molecule has 0 heterocycles. The Morgan fingerprint density at radius 3 is 2.21 bits per heavy atom. The Labute approximate surface area is 121 Å². The van der Waals surface area contributed by atoms with Gasteiger partial charge in [0.2, 0.25) is 0 Å². The first-order valence-electron chi connectivity index (χ1n) is 8.63. The molecule has 1 saturated carbocycles. The maximum Gasteiger partial charge on any atom is 0.0249 e. The molecule has 2 unspecified atom stereocenters. The van der Waals surface area contributed by atoms with E-state index >= 15 is 0 Å². The normalized spacial score (nSPS) is 19.1. The van der Waals surface area contributed by atoms with Gasteiger partial charge in [-0.25, -0.2) is 0 Å². The number of nitrogens with zero attached hydrogens (tertiary/aromatic N) is 1. The maximum absolute atomic E-state index is 3.81. The summed E-state index contributed by atoms with van der Waals surface area (Å²) in [5.41, 5.74) is 0. The van der Waals surface area contributed by atoms with Crippen molar-refractivity contribution in [1.82, 2.24) is 10.2 Å². The lowest BCUT2D eigenvalue weighted by atomic mass is 9.97. The van der Waals surface area contributed by atoms with Gasteiger partial charge in [0, 0.05) is 24.7 Å². The van der Waals surface area contributed by atoms with Crippen LogP contribution in [0.4, 0.5) is 0 Å². The predicted octanol–water partition coefficient (Wildman–Crippen LogP) is 4.05. The largest absolute Gasteiger partial charge is 0.312 e. The molecule has 2 atom stereocenters. The smallest absolute Gasteiger partial charge is 0.0249 e. The highest BCUT2D eigenvalue weighted by atomic mass is 15.2. The third-order valence-corrected chi connectivity index (χ3v) is 4.39. The van der Waals surface area contributed by atoms with E-state index in [4.69, 9.17) is 0 Å². The van der Waals surface area contributed by atoms with Gasteiger partial charge in [0.15, 0.2) is 0 Å². The van der Waals surface area contributed by atoms with E-state index in [2.05, 4.69) is 44.8 Å². The first-order valence-corrected chi connectivity index (χ1v) is 8.63. The van der Waals surface area contributed by atoms with Gasteiger partial charge in [-0.15, -0.1) is 0 Å². The van der Waals surface area contributed by atoms with Crippen LogP contribution >= 0.6 is 0 Å². The highest BCUT2D eigenvalue weighted by Crippen LogP contribution is 2.32. The highest BCUT2D eigenvalue weighted by molar-refractivity contribution is 4.88. The number of rotatable bonds is 11. The summed E-state index contributed by atoms with van der Waals surface area (Å²) in [5, 5.41) is 3.81. The fourth-order valence-corrected chi connectivity index (χ4v) is 3.15. The van der Waals surface area contributed by atoms with E-state index in [1.54, 1.807) is 0 Å². The Bertz CT molecular complexity index is 223. The quantitative estimate of drug-likeness (QED) is 0.608. The highest BCUT2D eigenvalue weighted by Gasteiger charge is 2.32. The van der Waals surface area contributed by atoms with Crippen molar-refractivity contribution < 1.29 is 0 Å². The number of hydrogen-bond acceptors (Lipinski definition) is 2. The van der Waals surface area contributed by atoms with Gasteiger partial charge < -0.3 is 5.32 Å². The van der Waals surface area contributed by atoms with Crippen molar-refractivity contribution in [1.29, 1.82) is 0 Å². The second-order valence-corrected chi connectivity index (χ2v) is 6.56. The summed E-state index contributed by atoms with van der Waals surface area (Å²) in [5.74, 6) is 0.991. The van der Waals surface area contributed by atoms with Gasteiger partial charge in [-0.05, 0) is 58.4 Å². The molecule has 0 aliphatic heterocycles. The molecule has 1 fully saturated rings. The zero-order valence-corrected chi connectivity index (χ0v) is 13.9. The molecule has 0 aromatic heterocycles. The van der Waals surface area contributed by atoms with E-state index in [9.17, 15) is 0 Å². The van der Waals surface area contributed by atoms with E-state index in [0.29, 0.717) is 18.1 Å². The molecule has 1 aliphatic carbocycles. The second-order valence-electron chi connectivity index (χ2n) is 6.56. The minimum atomic E-state index is 0.674. The molecule has 1 N–H and O–H groups in total. The van der Waals surface area contributed by atoms with Crippen LogP contribution in [0.1, 0.15) is 73.1 Å². The molecule has 0 spiro atoms. The molecule has 2 heteroatoms. The predicted molar refractivity (Wildman–Crippen MR) is 85.6 cm³/mol. The van der Waals surface area contributed by atoms with E-state index < -0.39 is 0 Å². The van der Waals surface area contributed by atoms with Gasteiger partial charge in [-0.3, -0.25) is 4.90 Å². The molecule has 0 saturated heterocycles. The minimum absolute atomic E-state index is 0.674. The zero-order valence-electron chi connectivity index (χ0n) is 13.9. The van der Waals surface area contributed by atoms with Crippen LogP contribution < -0.4 is 5.32 Å². The summed E-state index contributed by atoms with van der Waals surface area (Å²) >= 11 is 0. The summed E-state index contributed by atoms with van der Waals surface area (Å²) < 4.78 is 0. The molecular formula is C17H36N2. The van der Waals surface area contributed by atoms with Crippen LogP contribution in [0, 0.1) is 5.92 Å². The standard InChI is InChI=1S/C17H36N2/c1-6-9-16(18-12-7-2)17(8-3)19(14(4)5)13-15-10-11-15/h14-18H,6-13H2,1-5H3. The number of nitrogens with one attached hydrogen (secondary N) is 1. The molecule has 19 heavy (non-hydrogen) atoms. The van der Waals surface area contributed by atoms with Crippen LogP contribution in [0.15, 0.2) is 0 Å². The van der Waals surface area contributed by atoms with E-state index in [1.807, 2.05) is 0 Å². The molecule has 114 valence electrons. The third-order valence-electron chi connectivity index (χ3n) is 4.39. The SMILES string of the molecule is CCCNC(CCC)C(CC)N(CC1CC1)C(C)C. The third kappa shape index (κ3) is 5.83. The first kappa shape index (κ1) is 17.0. The van der Waals surface area contributed by atoms with Crippen molar-refractivity contribution in [2.75, 3.05) is 13.1 Å². The summed E-state index contributed by atoms with van der Waals surface area (Å²) in [6, 6.07) is 2.07. The molecule has 1 aliphatic rings. The Balaban J connectivity index is 2.65. The van der Waals surface area contributed by atoms with Crippen LogP contribution in [0.3, 0.4) is 0 Å². The Kier molecular flexibility index (Phi) is 8.01. The molecule has 1 rings (SSSR count). The lowest BCUT2D eigenvalue weighted by Crippen LogP contribution is -2.53. The molecule has 2 nitrogen and oxygen atoms in total. The Morgan fingerprint density at radius 1 is 1.11 bits per heavy atom. The zero-order chi connectivity index (χ0) is 14.3. The van der Waals surface area contributed by atoms with Crippen molar-refractivity contribution in [3.05, 3.63) is 0 Å². The van der Waals surface area contributed by atoms with Gasteiger partial charge in [-0.1, -0.05) is 27.2 Å². The van der Waals surface area contributed by atoms with E-state index in [0.717, 1.165) is 12.5 Å². The summed E-state index contributed by atoms with van der Waals surface area (Å²) in [4.78, 5) is 2.78. The van der Waals surface area contributed by atoms with Crippen LogP contribution in [0.2, 0.25) is 0 Å². The van der Waals surface area contributed by atoms with Crippen molar-refractivity contribution in [3.63, 3.8) is 0 Å². The van der Waals surface area contributed by atoms with Crippen molar-refractivity contribution in [2.45, 2.75) is 91.3 Å². The lowest BCUT2D eigenvalue weighted by Gasteiger charge is -2.40. The van der Waals surface area contributed by atoms with Crippen molar-refractivity contribution >= 4 is 0 Å². The van der Waals surface area contributed by atoms with Crippen molar-refractivity contribution in [3.8, 4) is 0 Å². The average Bonchev–Trinajstić information content (AvgIpc) is 3.19. The van der Waals surface area contributed by atoms with Crippen molar-refractivity contribution in [2.24, 2.45) is 5.92 Å². The van der Waals surface area contributed by atoms with Crippen LogP contribution in [0.5, 0.6) is 0 Å². The van der Waals surface area contributed by atoms with Gasteiger partial charge >= 0.3 is 0 Å². The fourth-order valence-electron chi connectivity index (χ4n) is 3.15. The molecule has 0 aromatic rings. The molecule has 0 radical (unpaired) electrons. The Hall–Kier alpha value is -0.0800. The van der Waals surface area contributed by atoms with Crippen LogP contribution in [0.25, 0.3) is 0 Å². The first-order chi connectivity index (χ1) is 9.13. The Morgan fingerprint density at radius 2 is 1.79 bits per heavy atom. The van der Waals surface area contributed by atoms with Gasteiger partial charge in [-0.2, -0.15) is 0 Å². The summed E-state index contributed by atoms with van der Waals surface area (Å²) in [6.45, 7) is 14.2. The molecule has 0 amide bonds. The summed E-state index contributed by atoms with van der Waals surface area (Å²) in [7, 11) is 0. The fraction of sp³-hybridized carbons (Fsp3) is 1.00. The van der Waals surface area contributed by atoms with Crippen LogP contribution in [-0.2, 0) is 0 Å². The van der Waals surface area contributed by atoms with E-state index in [-0.39, 0.29) is 0 Å². The minimum Gasteiger partial charge on any atom is -0.312 e. The molecular weight excluding hydrogens is 232 g/mol. The topological polar surface area (TPSA) is 15.3 Å². The molecule has 0 aromatic carbocycles. The van der Waals surface area contributed by atoms with Gasteiger partial charge in [0.1, 0.15) is 0 Å². The van der Waals surface area contributed by atoms with E-state index in [1.165, 1.54) is 45.1 Å². The average molecular weight is 268 g/mol. The summed E-state index contributed by atoms with van der Waals surface area (Å²) in [6.07, 6.45) is 8.02. The molecule has 0 bridgehead atoms. The maximum atomic E-state index is 3.81.